The molecule has 0 spiro atoms. The van der Waals surface area contributed by atoms with Crippen LogP contribution < -0.4 is 5.32 Å². The first-order chi connectivity index (χ1) is 9.76. The van der Waals surface area contributed by atoms with Crippen LogP contribution in [-0.4, -0.2) is 6.26 Å². The molecule has 1 saturated carbocycles. The molecule has 1 unspecified atom stereocenters. The lowest BCUT2D eigenvalue weighted by molar-refractivity contribution is 0.679. The number of anilines is 1. The zero-order valence-electron chi connectivity index (χ0n) is 12.1. The molecule has 1 fully saturated rings. The van der Waals surface area contributed by atoms with Crippen LogP contribution in [0.2, 0.25) is 0 Å². The van der Waals surface area contributed by atoms with Gasteiger partial charge in [0, 0.05) is 10.6 Å². The van der Waals surface area contributed by atoms with Crippen LogP contribution in [0, 0.1) is 12.8 Å². The molecule has 0 radical (unpaired) electrons. The van der Waals surface area contributed by atoms with Gasteiger partial charge < -0.3 is 5.32 Å². The van der Waals surface area contributed by atoms with Crippen LogP contribution in [0.4, 0.5) is 5.69 Å². The third kappa shape index (κ3) is 3.18. The van der Waals surface area contributed by atoms with Gasteiger partial charge in [-0.15, -0.1) is 11.8 Å². The van der Waals surface area contributed by atoms with Gasteiger partial charge in [-0.05, 0) is 61.8 Å². The monoisotopic (exact) mass is 283 g/mol. The van der Waals surface area contributed by atoms with Crippen LogP contribution in [0.5, 0.6) is 0 Å². The van der Waals surface area contributed by atoms with Crippen molar-refractivity contribution in [1.82, 2.24) is 0 Å². The highest BCUT2D eigenvalue weighted by atomic mass is 32.2. The second kappa shape index (κ2) is 5.92. The molecule has 104 valence electrons. The molecule has 1 atom stereocenters. The fourth-order valence-electron chi connectivity index (χ4n) is 2.54. The highest BCUT2D eigenvalue weighted by Gasteiger charge is 2.32. The molecule has 1 aliphatic rings. The van der Waals surface area contributed by atoms with Gasteiger partial charge in [0.2, 0.25) is 0 Å². The Morgan fingerprint density at radius 3 is 2.20 bits per heavy atom. The van der Waals surface area contributed by atoms with E-state index >= 15 is 0 Å². The molecular weight excluding hydrogens is 262 g/mol. The molecule has 2 aromatic carbocycles. The lowest BCUT2D eigenvalue weighted by atomic mass is 10.0. The lowest BCUT2D eigenvalue weighted by Gasteiger charge is -2.20. The molecule has 1 nitrogen and oxygen atoms in total. The van der Waals surface area contributed by atoms with Crippen LogP contribution in [0.3, 0.4) is 0 Å². The number of hydrogen-bond acceptors (Lipinski definition) is 2. The van der Waals surface area contributed by atoms with E-state index in [0.29, 0.717) is 6.04 Å². The molecule has 0 saturated heterocycles. The van der Waals surface area contributed by atoms with E-state index in [-0.39, 0.29) is 0 Å². The first-order valence-electron chi connectivity index (χ1n) is 7.23. The highest BCUT2D eigenvalue weighted by molar-refractivity contribution is 7.98. The molecule has 1 N–H and O–H groups in total. The van der Waals surface area contributed by atoms with Crippen molar-refractivity contribution >= 4 is 17.4 Å². The Morgan fingerprint density at radius 2 is 1.65 bits per heavy atom. The molecule has 3 rings (SSSR count). The molecule has 2 heteroatoms. The van der Waals surface area contributed by atoms with E-state index in [1.165, 1.54) is 34.6 Å². The third-order valence-electron chi connectivity index (χ3n) is 3.94. The average Bonchev–Trinajstić information content (AvgIpc) is 3.31. The maximum atomic E-state index is 3.72. The molecule has 1 aliphatic carbocycles. The summed E-state index contributed by atoms with van der Waals surface area (Å²) in [5.41, 5.74) is 3.96. The largest absolute Gasteiger partial charge is 0.378 e. The Morgan fingerprint density at radius 1 is 1.00 bits per heavy atom. The first-order valence-corrected chi connectivity index (χ1v) is 8.46. The van der Waals surface area contributed by atoms with Crippen molar-refractivity contribution in [2.75, 3.05) is 11.6 Å². The minimum absolute atomic E-state index is 0.454. The van der Waals surface area contributed by atoms with Crippen molar-refractivity contribution in [3.63, 3.8) is 0 Å². The second-order valence-corrected chi connectivity index (χ2v) is 6.48. The Labute approximate surface area is 125 Å². The van der Waals surface area contributed by atoms with Crippen molar-refractivity contribution in [3.8, 4) is 0 Å². The quantitative estimate of drug-likeness (QED) is 0.749. The summed E-state index contributed by atoms with van der Waals surface area (Å²) in [5.74, 6) is 0.790. The highest BCUT2D eigenvalue weighted by Crippen LogP contribution is 2.43. The van der Waals surface area contributed by atoms with E-state index in [1.807, 2.05) is 0 Å². The lowest BCUT2D eigenvalue weighted by Crippen LogP contribution is -2.12. The maximum absolute atomic E-state index is 3.72. The number of nitrogens with one attached hydrogen (secondary N) is 1. The first kappa shape index (κ1) is 13.6. The summed E-state index contributed by atoms with van der Waals surface area (Å²) in [7, 11) is 0. The van der Waals surface area contributed by atoms with Crippen molar-refractivity contribution in [2.45, 2.75) is 30.7 Å². The van der Waals surface area contributed by atoms with E-state index in [1.54, 1.807) is 11.8 Å². The van der Waals surface area contributed by atoms with E-state index in [0.717, 1.165) is 5.92 Å². The Bertz CT molecular complexity index is 555. The third-order valence-corrected chi connectivity index (χ3v) is 4.69. The SMILES string of the molecule is CSc1ccc(NC(c2ccc(C)cc2)C2CC2)cc1. The Balaban J connectivity index is 1.78. The smallest absolute Gasteiger partial charge is 0.0542 e. The topological polar surface area (TPSA) is 12.0 Å². The van der Waals surface area contributed by atoms with E-state index in [2.05, 4.69) is 67.0 Å². The van der Waals surface area contributed by atoms with Gasteiger partial charge in [-0.3, -0.25) is 0 Å². The zero-order valence-corrected chi connectivity index (χ0v) is 12.9. The van der Waals surface area contributed by atoms with E-state index in [4.69, 9.17) is 0 Å². The number of benzene rings is 2. The fourth-order valence-corrected chi connectivity index (χ4v) is 2.95. The van der Waals surface area contributed by atoms with E-state index in [9.17, 15) is 0 Å². The summed E-state index contributed by atoms with van der Waals surface area (Å²) in [6.45, 7) is 2.14. The van der Waals surface area contributed by atoms with E-state index < -0.39 is 0 Å². The zero-order chi connectivity index (χ0) is 13.9. The van der Waals surface area contributed by atoms with Crippen molar-refractivity contribution in [3.05, 3.63) is 59.7 Å². The van der Waals surface area contributed by atoms with Crippen LogP contribution in [0.25, 0.3) is 0 Å². The van der Waals surface area contributed by atoms with Gasteiger partial charge in [0.05, 0.1) is 6.04 Å². The van der Waals surface area contributed by atoms with Crippen molar-refractivity contribution in [1.29, 1.82) is 0 Å². The summed E-state index contributed by atoms with van der Waals surface area (Å²) in [4.78, 5) is 1.31. The standard InChI is InChI=1S/C18H21NS/c1-13-3-5-14(6-4-13)18(15-7-8-15)19-16-9-11-17(20-2)12-10-16/h3-6,9-12,15,18-19H,7-8H2,1-2H3. The molecule has 0 bridgehead atoms. The molecule has 0 heterocycles. The van der Waals surface area contributed by atoms with Gasteiger partial charge in [0.1, 0.15) is 0 Å². The summed E-state index contributed by atoms with van der Waals surface area (Å²) in [6, 6.07) is 18.2. The van der Waals surface area contributed by atoms with Crippen molar-refractivity contribution in [2.24, 2.45) is 5.92 Å². The summed E-state index contributed by atoms with van der Waals surface area (Å²) < 4.78 is 0. The molecular formula is C18H21NS. The number of aryl methyl sites for hydroxylation is 1. The molecule has 0 amide bonds. The minimum Gasteiger partial charge on any atom is -0.378 e. The summed E-state index contributed by atoms with van der Waals surface area (Å²) in [6.07, 6.45) is 4.80. The predicted octanol–water partition coefficient (Wildman–Crippen LogP) is 5.28. The predicted molar refractivity (Wildman–Crippen MR) is 88.5 cm³/mol. The maximum Gasteiger partial charge on any atom is 0.0542 e. The van der Waals surface area contributed by atoms with Gasteiger partial charge >= 0.3 is 0 Å². The molecule has 20 heavy (non-hydrogen) atoms. The summed E-state index contributed by atoms with van der Waals surface area (Å²) in [5, 5.41) is 3.72. The van der Waals surface area contributed by atoms with Crippen LogP contribution >= 0.6 is 11.8 Å². The summed E-state index contributed by atoms with van der Waals surface area (Å²) >= 11 is 1.79. The fraction of sp³-hybridized carbons (Fsp3) is 0.333. The Kier molecular flexibility index (Phi) is 4.02. The molecule has 0 aliphatic heterocycles. The van der Waals surface area contributed by atoms with Crippen molar-refractivity contribution < 1.29 is 0 Å². The van der Waals surface area contributed by atoms with Gasteiger partial charge in [-0.25, -0.2) is 0 Å². The average molecular weight is 283 g/mol. The van der Waals surface area contributed by atoms with Gasteiger partial charge in [0.15, 0.2) is 0 Å². The second-order valence-electron chi connectivity index (χ2n) is 5.60. The van der Waals surface area contributed by atoms with Crippen LogP contribution in [0.1, 0.15) is 30.0 Å². The Hall–Kier alpha value is -1.41. The van der Waals surface area contributed by atoms with Gasteiger partial charge in [-0.1, -0.05) is 29.8 Å². The van der Waals surface area contributed by atoms with Gasteiger partial charge in [0.25, 0.3) is 0 Å². The number of hydrogen-bond donors (Lipinski definition) is 1. The molecule has 0 aromatic heterocycles. The molecule has 2 aromatic rings. The minimum atomic E-state index is 0.454. The van der Waals surface area contributed by atoms with Crippen LogP contribution in [0.15, 0.2) is 53.4 Å². The van der Waals surface area contributed by atoms with Crippen LogP contribution in [-0.2, 0) is 0 Å². The number of rotatable bonds is 5. The number of thioether (sulfide) groups is 1. The van der Waals surface area contributed by atoms with Gasteiger partial charge in [-0.2, -0.15) is 0 Å². The normalized spacial score (nSPS) is 15.9.